The van der Waals surface area contributed by atoms with E-state index in [1.54, 1.807) is 11.0 Å². The third kappa shape index (κ3) is 3.93. The molecular formula is C19H20N4O5S. The number of carboxylic acid groups (broad SMARTS) is 1. The molecule has 3 fully saturated rings. The lowest BCUT2D eigenvalue weighted by Gasteiger charge is -2.42. The first kappa shape index (κ1) is 19.3. The molecule has 152 valence electrons. The first-order valence-electron chi connectivity index (χ1n) is 9.28. The van der Waals surface area contributed by atoms with Crippen molar-refractivity contribution in [3.8, 4) is 0 Å². The summed E-state index contributed by atoms with van der Waals surface area (Å²) in [6, 6.07) is 7.64. The summed E-state index contributed by atoms with van der Waals surface area (Å²) < 4.78 is 0. The van der Waals surface area contributed by atoms with E-state index in [1.165, 1.54) is 4.90 Å². The highest BCUT2D eigenvalue weighted by atomic mass is 32.2. The Morgan fingerprint density at radius 2 is 1.76 bits per heavy atom. The molecule has 0 aliphatic carbocycles. The molecule has 2 N–H and O–H groups in total. The van der Waals surface area contributed by atoms with Crippen molar-refractivity contribution in [2.24, 2.45) is 5.92 Å². The number of piperazine rings is 1. The number of carbonyl (C=O) groups is 4. The molecule has 3 heterocycles. The number of thioether (sulfide) groups is 1. The van der Waals surface area contributed by atoms with Crippen LogP contribution in [0.3, 0.4) is 0 Å². The predicted molar refractivity (Wildman–Crippen MR) is 107 cm³/mol. The molecular weight excluding hydrogens is 396 g/mol. The van der Waals surface area contributed by atoms with E-state index in [0.717, 1.165) is 23.0 Å². The maximum atomic E-state index is 12.6. The first-order valence-corrected chi connectivity index (χ1v) is 10.1. The van der Waals surface area contributed by atoms with Gasteiger partial charge in [-0.25, -0.2) is 4.79 Å². The Kier molecular flexibility index (Phi) is 5.18. The van der Waals surface area contributed by atoms with Crippen LogP contribution in [0.25, 0.3) is 6.08 Å². The van der Waals surface area contributed by atoms with Crippen molar-refractivity contribution in [2.45, 2.75) is 0 Å². The van der Waals surface area contributed by atoms with Gasteiger partial charge in [0, 0.05) is 45.0 Å². The van der Waals surface area contributed by atoms with Crippen LogP contribution in [0.1, 0.15) is 5.56 Å². The highest BCUT2D eigenvalue weighted by Crippen LogP contribution is 2.30. The van der Waals surface area contributed by atoms with Crippen LogP contribution in [0.4, 0.5) is 15.3 Å². The number of hydrogen-bond donors (Lipinski definition) is 2. The topological polar surface area (TPSA) is 110 Å². The Hall–Kier alpha value is -3.01. The van der Waals surface area contributed by atoms with Gasteiger partial charge in [-0.2, -0.15) is 0 Å². The Morgan fingerprint density at radius 1 is 1.07 bits per heavy atom. The minimum Gasteiger partial charge on any atom is -0.465 e. The van der Waals surface area contributed by atoms with Crippen molar-refractivity contribution in [1.29, 1.82) is 0 Å². The highest BCUT2D eigenvalue weighted by molar-refractivity contribution is 8.18. The number of likely N-dealkylation sites (tertiary alicyclic amines) is 1. The number of rotatable bonds is 3. The molecule has 29 heavy (non-hydrogen) atoms. The molecule has 3 aliphatic heterocycles. The van der Waals surface area contributed by atoms with Gasteiger partial charge < -0.3 is 19.8 Å². The summed E-state index contributed by atoms with van der Waals surface area (Å²) >= 11 is 0.887. The summed E-state index contributed by atoms with van der Waals surface area (Å²) in [5.74, 6) is -0.624. The van der Waals surface area contributed by atoms with Crippen molar-refractivity contribution >= 4 is 46.7 Å². The third-order valence-corrected chi connectivity index (χ3v) is 6.11. The van der Waals surface area contributed by atoms with E-state index >= 15 is 0 Å². The van der Waals surface area contributed by atoms with Crippen molar-refractivity contribution < 1.29 is 24.3 Å². The van der Waals surface area contributed by atoms with Crippen LogP contribution in [0, 0.1) is 5.92 Å². The summed E-state index contributed by atoms with van der Waals surface area (Å²) in [6.07, 6.45) is 0.729. The number of imide groups is 1. The van der Waals surface area contributed by atoms with Crippen LogP contribution in [-0.4, -0.2) is 77.3 Å². The van der Waals surface area contributed by atoms with Gasteiger partial charge in [0.1, 0.15) is 0 Å². The van der Waals surface area contributed by atoms with Crippen LogP contribution < -0.4 is 10.2 Å². The smallest absolute Gasteiger partial charge is 0.407 e. The molecule has 3 aliphatic rings. The van der Waals surface area contributed by atoms with Gasteiger partial charge in [0.05, 0.1) is 10.8 Å². The van der Waals surface area contributed by atoms with Gasteiger partial charge in [-0.1, -0.05) is 18.2 Å². The zero-order chi connectivity index (χ0) is 20.5. The number of anilines is 1. The van der Waals surface area contributed by atoms with E-state index in [-0.39, 0.29) is 36.1 Å². The fourth-order valence-corrected chi connectivity index (χ4v) is 4.35. The van der Waals surface area contributed by atoms with Crippen LogP contribution in [0.2, 0.25) is 0 Å². The molecule has 10 heteroatoms. The molecule has 1 aromatic carbocycles. The van der Waals surface area contributed by atoms with Gasteiger partial charge in [0.15, 0.2) is 0 Å². The molecule has 0 unspecified atom stereocenters. The number of carbonyl (C=O) groups excluding carboxylic acids is 3. The molecule has 0 spiro atoms. The van der Waals surface area contributed by atoms with Crippen LogP contribution >= 0.6 is 11.8 Å². The Morgan fingerprint density at radius 3 is 2.38 bits per heavy atom. The van der Waals surface area contributed by atoms with Gasteiger partial charge in [0.2, 0.25) is 5.91 Å². The number of para-hydroxylation sites is 1. The standard InChI is InChI=1S/C19H20N4O5S/c24-16-15(29-18(26)20-16)9-12-3-1-2-4-14(12)21-5-7-22(8-6-21)17(25)13-10-23(11-13)19(27)28/h1-4,9,13H,5-8,10-11H2,(H,27,28)(H,20,24,26)/b15-9-. The van der Waals surface area contributed by atoms with Crippen molar-refractivity contribution in [1.82, 2.24) is 15.1 Å². The summed E-state index contributed by atoms with van der Waals surface area (Å²) in [4.78, 5) is 52.2. The molecule has 9 nitrogen and oxygen atoms in total. The van der Waals surface area contributed by atoms with Crippen molar-refractivity contribution in [3.63, 3.8) is 0 Å². The van der Waals surface area contributed by atoms with E-state index in [9.17, 15) is 19.2 Å². The zero-order valence-corrected chi connectivity index (χ0v) is 16.4. The first-order chi connectivity index (χ1) is 13.9. The fourth-order valence-electron chi connectivity index (χ4n) is 3.68. The van der Waals surface area contributed by atoms with Crippen LogP contribution in [-0.2, 0) is 9.59 Å². The molecule has 3 saturated heterocycles. The van der Waals surface area contributed by atoms with Gasteiger partial charge in [0.25, 0.3) is 11.1 Å². The van der Waals surface area contributed by atoms with E-state index in [2.05, 4.69) is 10.2 Å². The second-order valence-corrected chi connectivity index (χ2v) is 8.12. The number of benzene rings is 1. The van der Waals surface area contributed by atoms with Crippen molar-refractivity contribution in [2.75, 3.05) is 44.2 Å². The van der Waals surface area contributed by atoms with Crippen molar-refractivity contribution in [3.05, 3.63) is 34.7 Å². The lowest BCUT2D eigenvalue weighted by Crippen LogP contribution is -2.59. The number of nitrogens with one attached hydrogen (secondary N) is 1. The monoisotopic (exact) mass is 416 g/mol. The third-order valence-electron chi connectivity index (χ3n) is 5.30. The van der Waals surface area contributed by atoms with Crippen LogP contribution in [0.15, 0.2) is 29.2 Å². The second kappa shape index (κ2) is 7.78. The Balaban J connectivity index is 1.40. The minimum atomic E-state index is -0.986. The van der Waals surface area contributed by atoms with Gasteiger partial charge in [-0.15, -0.1) is 0 Å². The summed E-state index contributed by atoms with van der Waals surface area (Å²) in [6.45, 7) is 2.92. The van der Waals surface area contributed by atoms with Gasteiger partial charge >= 0.3 is 6.09 Å². The van der Waals surface area contributed by atoms with E-state index < -0.39 is 6.09 Å². The Bertz CT molecular complexity index is 904. The summed E-state index contributed by atoms with van der Waals surface area (Å²) in [7, 11) is 0. The molecule has 4 amide bonds. The molecule has 0 atom stereocenters. The van der Waals surface area contributed by atoms with Gasteiger partial charge in [-0.05, 0) is 29.5 Å². The molecule has 4 rings (SSSR count). The average molecular weight is 416 g/mol. The van der Waals surface area contributed by atoms with Crippen LogP contribution in [0.5, 0.6) is 0 Å². The Labute approximate surface area is 171 Å². The largest absolute Gasteiger partial charge is 0.465 e. The number of nitrogens with zero attached hydrogens (tertiary/aromatic N) is 3. The summed E-state index contributed by atoms with van der Waals surface area (Å²) in [5, 5.41) is 10.8. The van der Waals surface area contributed by atoms with Gasteiger partial charge in [-0.3, -0.25) is 19.7 Å². The maximum Gasteiger partial charge on any atom is 0.407 e. The second-order valence-electron chi connectivity index (χ2n) is 7.11. The molecule has 0 aromatic heterocycles. The quantitative estimate of drug-likeness (QED) is 0.714. The van der Waals surface area contributed by atoms with E-state index in [4.69, 9.17) is 5.11 Å². The van der Waals surface area contributed by atoms with E-state index in [0.29, 0.717) is 31.1 Å². The summed E-state index contributed by atoms with van der Waals surface area (Å²) in [5.41, 5.74) is 1.79. The molecule has 0 radical (unpaired) electrons. The van der Waals surface area contributed by atoms with E-state index in [1.807, 2.05) is 24.3 Å². The molecule has 0 bridgehead atoms. The lowest BCUT2D eigenvalue weighted by molar-refractivity contribution is -0.140. The molecule has 1 aromatic rings. The lowest BCUT2D eigenvalue weighted by atomic mass is 9.98. The number of hydrogen-bond acceptors (Lipinski definition) is 6. The predicted octanol–water partition coefficient (Wildman–Crippen LogP) is 1.27. The zero-order valence-electron chi connectivity index (χ0n) is 15.5. The SMILES string of the molecule is O=C1NC(=O)/C(=C/c2ccccc2N2CCN(C(=O)C3CN(C(=O)O)C3)CC2)S1. The normalized spacial score (nSPS) is 21.4. The highest BCUT2D eigenvalue weighted by Gasteiger charge is 2.38. The average Bonchev–Trinajstić information content (AvgIpc) is 2.97. The fraction of sp³-hybridized carbons (Fsp3) is 0.368. The maximum absolute atomic E-state index is 12.6. The minimum absolute atomic E-state index is 0.00934. The number of amides is 4. The molecule has 0 saturated carbocycles.